The molecule has 3 heterocycles. The van der Waals surface area contributed by atoms with Crippen molar-refractivity contribution in [2.75, 3.05) is 7.05 Å². The molecule has 0 fully saturated rings. The number of hydrogen-bond acceptors (Lipinski definition) is 5. The molecular formula is C18H17ClN4OS. The third kappa shape index (κ3) is 3.13. The highest BCUT2D eigenvalue weighted by molar-refractivity contribution is 7.11. The summed E-state index contributed by atoms with van der Waals surface area (Å²) in [5.41, 5.74) is 7.70. The zero-order chi connectivity index (χ0) is 18.2. The number of halogens is 1. The first-order valence-corrected chi connectivity index (χ1v) is 8.89. The average Bonchev–Trinajstić information content (AvgIpc) is 2.95. The van der Waals surface area contributed by atoms with Gasteiger partial charge in [0.2, 0.25) is 5.91 Å². The molecule has 0 radical (unpaired) electrons. The number of rotatable bonds is 2. The highest BCUT2D eigenvalue weighted by Gasteiger charge is 2.39. The van der Waals surface area contributed by atoms with Crippen LogP contribution in [0.2, 0.25) is 5.02 Å². The quantitative estimate of drug-likeness (QED) is 0.822. The SMILES string of the molecule is CC#Cc1cncc(-c2csc([C@]3(C)CC(=O)N(C)C(N)=N3)c2Cl)c1. The van der Waals surface area contributed by atoms with Crippen LogP contribution in [0.1, 0.15) is 30.7 Å². The third-order valence-corrected chi connectivity index (χ3v) is 5.85. The van der Waals surface area contributed by atoms with Crippen LogP contribution in [-0.2, 0) is 10.3 Å². The van der Waals surface area contributed by atoms with Gasteiger partial charge in [0.05, 0.1) is 16.3 Å². The number of aliphatic imine (C=N–C) groups is 1. The number of hydrogen-bond donors (Lipinski definition) is 1. The van der Waals surface area contributed by atoms with E-state index in [4.69, 9.17) is 17.3 Å². The van der Waals surface area contributed by atoms with E-state index in [2.05, 4.69) is 21.8 Å². The maximum Gasteiger partial charge on any atom is 0.231 e. The predicted octanol–water partition coefficient (Wildman–Crippen LogP) is 3.23. The summed E-state index contributed by atoms with van der Waals surface area (Å²) >= 11 is 8.13. The molecule has 3 rings (SSSR count). The molecule has 128 valence electrons. The van der Waals surface area contributed by atoms with Gasteiger partial charge in [-0.05, 0) is 19.9 Å². The molecule has 1 aliphatic rings. The summed E-state index contributed by atoms with van der Waals surface area (Å²) in [5.74, 6) is 5.97. The van der Waals surface area contributed by atoms with Crippen molar-refractivity contribution in [1.29, 1.82) is 0 Å². The Morgan fingerprint density at radius 1 is 1.44 bits per heavy atom. The van der Waals surface area contributed by atoms with Gasteiger partial charge >= 0.3 is 0 Å². The number of nitrogens with two attached hydrogens (primary N) is 1. The van der Waals surface area contributed by atoms with E-state index in [-0.39, 0.29) is 18.3 Å². The predicted molar refractivity (Wildman–Crippen MR) is 101 cm³/mol. The first-order chi connectivity index (χ1) is 11.9. The second kappa shape index (κ2) is 6.51. The lowest BCUT2D eigenvalue weighted by Gasteiger charge is -2.32. The summed E-state index contributed by atoms with van der Waals surface area (Å²) in [5, 5.41) is 2.53. The van der Waals surface area contributed by atoms with E-state index < -0.39 is 5.54 Å². The molecule has 2 aromatic rings. The van der Waals surface area contributed by atoms with Crippen LogP contribution in [-0.4, -0.2) is 28.8 Å². The Labute approximate surface area is 155 Å². The normalized spacial score (nSPS) is 20.1. The first-order valence-electron chi connectivity index (χ1n) is 7.63. The molecule has 0 unspecified atom stereocenters. The summed E-state index contributed by atoms with van der Waals surface area (Å²) in [6.45, 7) is 3.66. The molecule has 7 heteroatoms. The lowest BCUT2D eigenvalue weighted by molar-refractivity contribution is -0.128. The minimum atomic E-state index is -0.762. The van der Waals surface area contributed by atoms with Crippen molar-refractivity contribution in [2.45, 2.75) is 25.8 Å². The molecule has 1 atom stereocenters. The molecule has 1 amide bonds. The number of carbonyl (C=O) groups is 1. The number of aromatic nitrogens is 1. The molecule has 1 aliphatic heterocycles. The minimum Gasteiger partial charge on any atom is -0.369 e. The Bertz CT molecular complexity index is 940. The fraction of sp³-hybridized carbons (Fsp3) is 0.278. The largest absolute Gasteiger partial charge is 0.369 e. The van der Waals surface area contributed by atoms with Gasteiger partial charge in [0.25, 0.3) is 0 Å². The van der Waals surface area contributed by atoms with Gasteiger partial charge in [-0.25, -0.2) is 4.99 Å². The molecule has 25 heavy (non-hydrogen) atoms. The third-order valence-electron chi connectivity index (χ3n) is 4.11. The van der Waals surface area contributed by atoms with E-state index in [1.165, 1.54) is 16.2 Å². The smallest absolute Gasteiger partial charge is 0.231 e. The van der Waals surface area contributed by atoms with Crippen LogP contribution >= 0.6 is 22.9 Å². The Morgan fingerprint density at radius 3 is 2.88 bits per heavy atom. The van der Waals surface area contributed by atoms with E-state index in [1.54, 1.807) is 26.4 Å². The van der Waals surface area contributed by atoms with Crippen LogP contribution in [0, 0.1) is 11.8 Å². The van der Waals surface area contributed by atoms with Crippen molar-refractivity contribution in [3.63, 3.8) is 0 Å². The fourth-order valence-corrected chi connectivity index (χ4v) is 4.38. The molecule has 0 aliphatic carbocycles. The Balaban J connectivity index is 2.06. The fourth-order valence-electron chi connectivity index (χ4n) is 2.74. The van der Waals surface area contributed by atoms with Gasteiger partial charge in [-0.3, -0.25) is 14.7 Å². The summed E-state index contributed by atoms with van der Waals surface area (Å²) in [6, 6.07) is 1.95. The minimum absolute atomic E-state index is 0.0806. The lowest BCUT2D eigenvalue weighted by Crippen LogP contribution is -2.47. The summed E-state index contributed by atoms with van der Waals surface area (Å²) in [6.07, 6.45) is 3.69. The van der Waals surface area contributed by atoms with Crippen LogP contribution in [0.15, 0.2) is 28.8 Å². The van der Waals surface area contributed by atoms with Gasteiger partial charge in [-0.15, -0.1) is 17.3 Å². The van der Waals surface area contributed by atoms with Crippen molar-refractivity contribution in [1.82, 2.24) is 9.88 Å². The maximum atomic E-state index is 12.2. The van der Waals surface area contributed by atoms with Crippen molar-refractivity contribution >= 4 is 34.8 Å². The van der Waals surface area contributed by atoms with E-state index in [1.807, 2.05) is 18.4 Å². The van der Waals surface area contributed by atoms with Crippen molar-refractivity contribution in [3.8, 4) is 23.0 Å². The van der Waals surface area contributed by atoms with Gasteiger partial charge in [0, 0.05) is 41.5 Å². The number of nitrogens with zero attached hydrogens (tertiary/aromatic N) is 3. The number of amides is 1. The number of carbonyl (C=O) groups excluding carboxylic acids is 1. The lowest BCUT2D eigenvalue weighted by atomic mass is 9.93. The standard InChI is InChI=1S/C18H17ClN4OS/c1-4-5-11-6-12(9-21-8-11)13-10-25-16(15(13)19)18(2)7-14(24)23(3)17(20)22-18/h6,8-10H,7H2,1-3H3,(H2,20,22)/t18-/m0/s1. The number of pyridine rings is 1. The maximum absolute atomic E-state index is 12.2. The van der Waals surface area contributed by atoms with Crippen LogP contribution in [0.25, 0.3) is 11.1 Å². The number of guanidine groups is 1. The van der Waals surface area contributed by atoms with Crippen molar-refractivity contribution < 1.29 is 4.79 Å². The van der Waals surface area contributed by atoms with Crippen LogP contribution in [0.4, 0.5) is 0 Å². The van der Waals surface area contributed by atoms with E-state index in [9.17, 15) is 4.79 Å². The highest BCUT2D eigenvalue weighted by Crippen LogP contribution is 2.45. The monoisotopic (exact) mass is 372 g/mol. The molecule has 0 saturated heterocycles. The van der Waals surface area contributed by atoms with Crippen LogP contribution in [0.3, 0.4) is 0 Å². The van der Waals surface area contributed by atoms with Gasteiger partial charge in [-0.1, -0.05) is 17.5 Å². The summed E-state index contributed by atoms with van der Waals surface area (Å²) < 4.78 is 0. The zero-order valence-electron chi connectivity index (χ0n) is 14.1. The van der Waals surface area contributed by atoms with Gasteiger partial charge in [0.15, 0.2) is 5.96 Å². The molecule has 0 saturated carbocycles. The topological polar surface area (TPSA) is 71.6 Å². The average molecular weight is 373 g/mol. The Hall–Kier alpha value is -2.36. The Morgan fingerprint density at radius 2 is 2.20 bits per heavy atom. The van der Waals surface area contributed by atoms with Gasteiger partial charge in [-0.2, -0.15) is 0 Å². The van der Waals surface area contributed by atoms with E-state index in [0.717, 1.165) is 21.6 Å². The number of thiophene rings is 1. The van der Waals surface area contributed by atoms with Gasteiger partial charge in [0.1, 0.15) is 5.54 Å². The van der Waals surface area contributed by atoms with E-state index >= 15 is 0 Å². The molecule has 5 nitrogen and oxygen atoms in total. The Kier molecular flexibility index (Phi) is 4.55. The molecule has 0 bridgehead atoms. The molecule has 0 aromatic carbocycles. The van der Waals surface area contributed by atoms with Gasteiger partial charge < -0.3 is 5.73 Å². The van der Waals surface area contributed by atoms with Crippen molar-refractivity contribution in [2.24, 2.45) is 10.7 Å². The second-order valence-corrected chi connectivity index (χ2v) is 7.26. The second-order valence-electron chi connectivity index (χ2n) is 6.00. The summed E-state index contributed by atoms with van der Waals surface area (Å²) in [7, 11) is 1.62. The summed E-state index contributed by atoms with van der Waals surface area (Å²) in [4.78, 5) is 23.1. The molecular weight excluding hydrogens is 356 g/mol. The molecule has 0 spiro atoms. The van der Waals surface area contributed by atoms with E-state index in [0.29, 0.717) is 5.02 Å². The van der Waals surface area contributed by atoms with Crippen LogP contribution < -0.4 is 5.73 Å². The van der Waals surface area contributed by atoms with Crippen molar-refractivity contribution in [3.05, 3.63) is 39.3 Å². The zero-order valence-corrected chi connectivity index (χ0v) is 15.7. The van der Waals surface area contributed by atoms with Crippen LogP contribution in [0.5, 0.6) is 0 Å². The first kappa shape index (κ1) is 17.5. The molecule has 2 N–H and O–H groups in total. The highest BCUT2D eigenvalue weighted by atomic mass is 35.5. The molecule has 2 aromatic heterocycles.